The molecule has 0 radical (unpaired) electrons. The second-order valence-electron chi connectivity index (χ2n) is 5.13. The van der Waals surface area contributed by atoms with E-state index >= 15 is 0 Å². The van der Waals surface area contributed by atoms with Gasteiger partial charge in [0.05, 0.1) is 22.0 Å². The summed E-state index contributed by atoms with van der Waals surface area (Å²) < 4.78 is 20.6. The molecule has 0 aliphatic heterocycles. The lowest BCUT2D eigenvalue weighted by Crippen LogP contribution is -2.09. The molecule has 3 rings (SSSR count). The average molecular weight is 483 g/mol. The van der Waals surface area contributed by atoms with Crippen LogP contribution in [0.5, 0.6) is 5.75 Å². The molecule has 0 fully saturated rings. The number of ether oxygens (including phenoxy) is 1. The molecule has 0 atom stereocenters. The van der Waals surface area contributed by atoms with Gasteiger partial charge in [-0.05, 0) is 63.0 Å². The highest BCUT2D eigenvalue weighted by Gasteiger charge is 2.27. The number of aromatic hydroxyl groups is 1. The zero-order valence-corrected chi connectivity index (χ0v) is 16.4. The van der Waals surface area contributed by atoms with E-state index in [1.54, 1.807) is 11.5 Å². The van der Waals surface area contributed by atoms with Gasteiger partial charge in [-0.1, -0.05) is 0 Å². The zero-order chi connectivity index (χ0) is 19.0. The maximum Gasteiger partial charge on any atom is 0.360 e. The third-order valence-electron chi connectivity index (χ3n) is 3.63. The Hall–Kier alpha value is -2.44. The summed E-state index contributed by atoms with van der Waals surface area (Å²) in [6.07, 6.45) is 0. The number of nitriles is 1. The molecular formula is C17H10Br2FN3O3. The minimum absolute atomic E-state index is 0.0865. The maximum absolute atomic E-state index is 13.3. The van der Waals surface area contributed by atoms with Crippen molar-refractivity contribution in [3.8, 4) is 17.5 Å². The molecule has 26 heavy (non-hydrogen) atoms. The first-order chi connectivity index (χ1) is 12.4. The number of hydrogen-bond donors (Lipinski definition) is 1. The fraction of sp³-hybridized carbons (Fsp3) is 0.118. The standard InChI is InChI=1S/C17H10Br2FN3O3/c1-2-26-17(25)13-15(24)11-12(18)16(19)23(14(11)10(7-21)22-13)9-5-3-8(20)4-6-9/h3-6,24H,2H2,1H3. The van der Waals surface area contributed by atoms with E-state index in [9.17, 15) is 19.6 Å². The van der Waals surface area contributed by atoms with Gasteiger partial charge in [0.2, 0.25) is 0 Å². The lowest BCUT2D eigenvalue weighted by Gasteiger charge is -2.10. The summed E-state index contributed by atoms with van der Waals surface area (Å²) in [5, 5.41) is 20.3. The first-order valence-corrected chi connectivity index (χ1v) is 8.94. The lowest BCUT2D eigenvalue weighted by atomic mass is 10.2. The zero-order valence-electron chi connectivity index (χ0n) is 13.3. The second kappa shape index (κ2) is 7.05. The molecule has 1 aromatic carbocycles. The minimum atomic E-state index is -0.832. The molecule has 9 heteroatoms. The molecule has 3 aromatic rings. The summed E-state index contributed by atoms with van der Waals surface area (Å²) in [5.74, 6) is -1.65. The first kappa shape index (κ1) is 18.4. The Morgan fingerprint density at radius 2 is 2.04 bits per heavy atom. The molecule has 0 bridgehead atoms. The molecule has 0 saturated carbocycles. The summed E-state index contributed by atoms with van der Waals surface area (Å²) in [7, 11) is 0. The number of pyridine rings is 1. The van der Waals surface area contributed by atoms with Crippen LogP contribution in [0.3, 0.4) is 0 Å². The van der Waals surface area contributed by atoms with Crippen molar-refractivity contribution in [3.63, 3.8) is 0 Å². The number of hydrogen-bond acceptors (Lipinski definition) is 5. The van der Waals surface area contributed by atoms with Crippen LogP contribution in [-0.2, 0) is 4.74 Å². The van der Waals surface area contributed by atoms with Crippen molar-refractivity contribution in [1.82, 2.24) is 9.55 Å². The molecule has 0 saturated heterocycles. The first-order valence-electron chi connectivity index (χ1n) is 7.36. The molecule has 132 valence electrons. The van der Waals surface area contributed by atoms with Crippen LogP contribution in [0.25, 0.3) is 16.6 Å². The van der Waals surface area contributed by atoms with Crippen molar-refractivity contribution in [2.24, 2.45) is 0 Å². The van der Waals surface area contributed by atoms with Crippen molar-refractivity contribution < 1.29 is 19.0 Å². The number of aromatic nitrogens is 2. The van der Waals surface area contributed by atoms with Crippen LogP contribution in [0.2, 0.25) is 0 Å². The molecule has 0 aliphatic carbocycles. The van der Waals surface area contributed by atoms with Crippen molar-refractivity contribution in [1.29, 1.82) is 5.26 Å². The van der Waals surface area contributed by atoms with E-state index in [1.165, 1.54) is 24.3 Å². The molecule has 2 aromatic heterocycles. The molecule has 2 heterocycles. The van der Waals surface area contributed by atoms with Gasteiger partial charge in [-0.25, -0.2) is 14.2 Å². The highest BCUT2D eigenvalue weighted by atomic mass is 79.9. The SMILES string of the molecule is CCOC(=O)c1nc(C#N)c2c(c1O)c(Br)c(Br)n2-c1ccc(F)cc1. The highest BCUT2D eigenvalue weighted by molar-refractivity contribution is 9.13. The van der Waals surface area contributed by atoms with Gasteiger partial charge in [0.15, 0.2) is 17.1 Å². The van der Waals surface area contributed by atoms with Crippen molar-refractivity contribution in [3.05, 3.63) is 50.5 Å². The second-order valence-corrected chi connectivity index (χ2v) is 6.67. The molecule has 0 amide bonds. The van der Waals surface area contributed by atoms with E-state index in [1.807, 2.05) is 6.07 Å². The summed E-state index contributed by atoms with van der Waals surface area (Å²) in [4.78, 5) is 16.0. The van der Waals surface area contributed by atoms with Crippen LogP contribution < -0.4 is 0 Å². The van der Waals surface area contributed by atoms with E-state index in [4.69, 9.17) is 4.74 Å². The van der Waals surface area contributed by atoms with Gasteiger partial charge >= 0.3 is 5.97 Å². The predicted molar refractivity (Wildman–Crippen MR) is 98.8 cm³/mol. The van der Waals surface area contributed by atoms with Gasteiger partial charge in [-0.15, -0.1) is 0 Å². The molecule has 6 nitrogen and oxygen atoms in total. The van der Waals surface area contributed by atoms with E-state index in [0.29, 0.717) is 14.8 Å². The van der Waals surface area contributed by atoms with Crippen molar-refractivity contribution >= 4 is 48.7 Å². The molecule has 1 N–H and O–H groups in total. The van der Waals surface area contributed by atoms with Crippen molar-refractivity contribution in [2.75, 3.05) is 6.61 Å². The predicted octanol–water partition coefficient (Wildman–Crippen LogP) is 4.44. The number of halogens is 3. The molecular weight excluding hydrogens is 473 g/mol. The monoisotopic (exact) mass is 481 g/mol. The summed E-state index contributed by atoms with van der Waals surface area (Å²) in [6, 6.07) is 7.51. The quantitative estimate of drug-likeness (QED) is 0.557. The number of esters is 1. The summed E-state index contributed by atoms with van der Waals surface area (Å²) >= 11 is 6.76. The third kappa shape index (κ3) is 2.85. The fourth-order valence-electron chi connectivity index (χ4n) is 2.54. The number of fused-ring (bicyclic) bond motifs is 1. The van der Waals surface area contributed by atoms with E-state index < -0.39 is 17.5 Å². The van der Waals surface area contributed by atoms with Crippen LogP contribution in [0.15, 0.2) is 33.3 Å². The topological polar surface area (TPSA) is 88.1 Å². The van der Waals surface area contributed by atoms with E-state index in [-0.39, 0.29) is 28.9 Å². The number of carbonyl (C=O) groups is 1. The number of rotatable bonds is 3. The van der Waals surface area contributed by atoms with E-state index in [2.05, 4.69) is 36.8 Å². The lowest BCUT2D eigenvalue weighted by molar-refractivity contribution is 0.0516. The molecule has 0 aliphatic rings. The Labute approximate surface area is 164 Å². The Morgan fingerprint density at radius 1 is 1.38 bits per heavy atom. The van der Waals surface area contributed by atoms with Crippen LogP contribution in [0.1, 0.15) is 23.1 Å². The van der Waals surface area contributed by atoms with Gasteiger partial charge < -0.3 is 9.84 Å². The Kier molecular flexibility index (Phi) is 4.98. The largest absolute Gasteiger partial charge is 0.505 e. The molecule has 0 unspecified atom stereocenters. The average Bonchev–Trinajstić information content (AvgIpc) is 2.89. The Balaban J connectivity index is 2.41. The smallest absolute Gasteiger partial charge is 0.360 e. The van der Waals surface area contributed by atoms with Crippen LogP contribution in [0, 0.1) is 17.1 Å². The Bertz CT molecular complexity index is 1070. The minimum Gasteiger partial charge on any atom is -0.505 e. The number of benzene rings is 1. The van der Waals surface area contributed by atoms with Gasteiger partial charge in [0.25, 0.3) is 0 Å². The normalized spacial score (nSPS) is 10.7. The van der Waals surface area contributed by atoms with Gasteiger partial charge in [-0.2, -0.15) is 5.26 Å². The van der Waals surface area contributed by atoms with Gasteiger partial charge in [0, 0.05) is 5.69 Å². The highest BCUT2D eigenvalue weighted by Crippen LogP contribution is 2.43. The van der Waals surface area contributed by atoms with E-state index in [0.717, 1.165) is 0 Å². The van der Waals surface area contributed by atoms with Crippen LogP contribution in [-0.4, -0.2) is 27.2 Å². The molecule has 0 spiro atoms. The van der Waals surface area contributed by atoms with Crippen LogP contribution >= 0.6 is 31.9 Å². The summed E-state index contributed by atoms with van der Waals surface area (Å²) in [5.41, 5.74) is 0.371. The van der Waals surface area contributed by atoms with Gasteiger partial charge in [-0.3, -0.25) is 4.57 Å². The maximum atomic E-state index is 13.3. The third-order valence-corrected chi connectivity index (χ3v) is 5.68. The van der Waals surface area contributed by atoms with Gasteiger partial charge in [0.1, 0.15) is 16.5 Å². The van der Waals surface area contributed by atoms with Crippen LogP contribution in [0.4, 0.5) is 4.39 Å². The summed E-state index contributed by atoms with van der Waals surface area (Å²) in [6.45, 7) is 1.72. The Morgan fingerprint density at radius 3 is 2.62 bits per heavy atom. The number of carbonyl (C=O) groups excluding carboxylic acids is 1. The number of nitrogens with zero attached hydrogens (tertiary/aromatic N) is 3. The fourth-order valence-corrected chi connectivity index (χ4v) is 3.68. The van der Waals surface area contributed by atoms with Crippen molar-refractivity contribution in [2.45, 2.75) is 6.92 Å².